The molecular weight excluding hydrogens is 246 g/mol. The number of hydrogen-bond donors (Lipinski definition) is 1. The molecular formula is C13H13N3O3. The number of aromatic carboxylic acids is 1. The first-order valence-electron chi connectivity index (χ1n) is 5.55. The van der Waals surface area contributed by atoms with Crippen LogP contribution in [0, 0.1) is 0 Å². The van der Waals surface area contributed by atoms with E-state index in [0.717, 1.165) is 11.4 Å². The lowest BCUT2D eigenvalue weighted by molar-refractivity contribution is 0.0690. The molecule has 0 amide bonds. The molecule has 2 rings (SSSR count). The number of carboxylic acid groups (broad SMARTS) is 1. The molecule has 0 aliphatic rings. The molecule has 1 N–H and O–H groups in total. The van der Waals surface area contributed by atoms with E-state index in [0.29, 0.717) is 5.82 Å². The summed E-state index contributed by atoms with van der Waals surface area (Å²) in [6.07, 6.45) is 2.73. The molecule has 0 saturated heterocycles. The van der Waals surface area contributed by atoms with Gasteiger partial charge in [-0.15, -0.1) is 0 Å². The lowest BCUT2D eigenvalue weighted by Crippen LogP contribution is -2.13. The van der Waals surface area contributed by atoms with Gasteiger partial charge in [-0.2, -0.15) is 0 Å². The molecule has 0 radical (unpaired) electrons. The fraction of sp³-hybridized carbons (Fsp3) is 0.154. The number of benzene rings is 1. The van der Waals surface area contributed by atoms with Crippen molar-refractivity contribution in [3.8, 4) is 5.75 Å². The summed E-state index contributed by atoms with van der Waals surface area (Å²) >= 11 is 0. The normalized spacial score (nSPS) is 10.0. The van der Waals surface area contributed by atoms with Crippen LogP contribution in [0.1, 0.15) is 10.5 Å². The highest BCUT2D eigenvalue weighted by atomic mass is 16.5. The number of methoxy groups -OCH3 is 1. The summed E-state index contributed by atoms with van der Waals surface area (Å²) in [5.74, 6) is 0.116. The second-order valence-electron chi connectivity index (χ2n) is 3.82. The van der Waals surface area contributed by atoms with Crippen LogP contribution in [0.5, 0.6) is 5.75 Å². The van der Waals surface area contributed by atoms with Gasteiger partial charge in [0, 0.05) is 12.7 Å². The quantitative estimate of drug-likeness (QED) is 0.904. The van der Waals surface area contributed by atoms with E-state index >= 15 is 0 Å². The zero-order chi connectivity index (χ0) is 13.8. The van der Waals surface area contributed by atoms with Crippen LogP contribution in [-0.4, -0.2) is 35.2 Å². The number of ether oxygens (including phenoxy) is 1. The molecule has 0 spiro atoms. The third kappa shape index (κ3) is 2.79. The highest BCUT2D eigenvalue weighted by Crippen LogP contribution is 2.23. The second-order valence-corrected chi connectivity index (χ2v) is 3.82. The summed E-state index contributed by atoms with van der Waals surface area (Å²) in [7, 11) is 3.39. The van der Waals surface area contributed by atoms with Gasteiger partial charge in [-0.3, -0.25) is 4.98 Å². The van der Waals surface area contributed by atoms with Crippen LogP contribution in [0.4, 0.5) is 11.5 Å². The van der Waals surface area contributed by atoms with Crippen LogP contribution in [0.15, 0.2) is 36.7 Å². The average Bonchev–Trinajstić information content (AvgIpc) is 2.46. The summed E-state index contributed by atoms with van der Waals surface area (Å²) < 4.78 is 5.08. The van der Waals surface area contributed by atoms with Gasteiger partial charge in [0.1, 0.15) is 5.75 Å². The second kappa shape index (κ2) is 5.34. The molecule has 98 valence electrons. The van der Waals surface area contributed by atoms with Gasteiger partial charge >= 0.3 is 5.97 Å². The van der Waals surface area contributed by atoms with Crippen molar-refractivity contribution in [1.29, 1.82) is 0 Å². The predicted molar refractivity (Wildman–Crippen MR) is 70.0 cm³/mol. The van der Waals surface area contributed by atoms with Gasteiger partial charge in [0.25, 0.3) is 0 Å². The van der Waals surface area contributed by atoms with Crippen molar-refractivity contribution in [2.75, 3.05) is 19.1 Å². The van der Waals surface area contributed by atoms with E-state index in [2.05, 4.69) is 9.97 Å². The highest BCUT2D eigenvalue weighted by Gasteiger charge is 2.10. The molecule has 0 unspecified atom stereocenters. The van der Waals surface area contributed by atoms with Crippen molar-refractivity contribution in [3.63, 3.8) is 0 Å². The van der Waals surface area contributed by atoms with Crippen LogP contribution in [0.2, 0.25) is 0 Å². The van der Waals surface area contributed by atoms with E-state index in [9.17, 15) is 4.79 Å². The fourth-order valence-electron chi connectivity index (χ4n) is 1.56. The molecule has 19 heavy (non-hydrogen) atoms. The maximum Gasteiger partial charge on any atom is 0.356 e. The number of nitrogens with zero attached hydrogens (tertiary/aromatic N) is 3. The molecule has 0 saturated carbocycles. The van der Waals surface area contributed by atoms with Crippen molar-refractivity contribution in [2.45, 2.75) is 0 Å². The summed E-state index contributed by atoms with van der Waals surface area (Å²) in [5, 5.41) is 8.89. The van der Waals surface area contributed by atoms with Gasteiger partial charge in [0.05, 0.1) is 19.5 Å². The largest absolute Gasteiger partial charge is 0.497 e. The van der Waals surface area contributed by atoms with E-state index in [4.69, 9.17) is 9.84 Å². The minimum atomic E-state index is -1.10. The fourth-order valence-corrected chi connectivity index (χ4v) is 1.56. The first kappa shape index (κ1) is 12.8. The van der Waals surface area contributed by atoms with Crippen LogP contribution in [0.3, 0.4) is 0 Å². The average molecular weight is 259 g/mol. The minimum absolute atomic E-state index is 0.0853. The SMILES string of the molecule is COc1ccc(N(C)c2cncc(C(=O)O)n2)cc1. The Morgan fingerprint density at radius 3 is 2.53 bits per heavy atom. The molecule has 0 aliphatic carbocycles. The van der Waals surface area contributed by atoms with Crippen LogP contribution in [-0.2, 0) is 0 Å². The van der Waals surface area contributed by atoms with Crippen molar-refractivity contribution >= 4 is 17.5 Å². The Bertz CT molecular complexity index is 584. The molecule has 2 aromatic rings. The molecule has 1 aromatic heterocycles. The van der Waals surface area contributed by atoms with Crippen LogP contribution in [0.25, 0.3) is 0 Å². The summed E-state index contributed by atoms with van der Waals surface area (Å²) in [6.45, 7) is 0. The number of rotatable bonds is 4. The zero-order valence-electron chi connectivity index (χ0n) is 10.6. The van der Waals surface area contributed by atoms with Crippen LogP contribution >= 0.6 is 0 Å². The third-order valence-corrected chi connectivity index (χ3v) is 2.64. The number of aromatic nitrogens is 2. The number of carboxylic acids is 1. The summed E-state index contributed by atoms with van der Waals surface area (Å²) in [4.78, 5) is 20.5. The third-order valence-electron chi connectivity index (χ3n) is 2.64. The molecule has 0 fully saturated rings. The standard InChI is InChI=1S/C13H13N3O3/c1-16(9-3-5-10(19-2)6-4-9)12-8-14-7-11(15-12)13(17)18/h3-8H,1-2H3,(H,17,18). The van der Waals surface area contributed by atoms with Crippen molar-refractivity contribution < 1.29 is 14.6 Å². The van der Waals surface area contributed by atoms with E-state index < -0.39 is 5.97 Å². The molecule has 0 atom stereocenters. The van der Waals surface area contributed by atoms with Gasteiger partial charge in [0.2, 0.25) is 0 Å². The molecule has 6 heteroatoms. The van der Waals surface area contributed by atoms with E-state index in [-0.39, 0.29) is 5.69 Å². The molecule has 0 bridgehead atoms. The number of anilines is 2. The van der Waals surface area contributed by atoms with Gasteiger partial charge < -0.3 is 14.7 Å². The van der Waals surface area contributed by atoms with Gasteiger partial charge in [0.15, 0.2) is 11.5 Å². The topological polar surface area (TPSA) is 75.5 Å². The Kier molecular flexibility index (Phi) is 3.61. The molecule has 1 aromatic carbocycles. The van der Waals surface area contributed by atoms with E-state index in [1.807, 2.05) is 24.3 Å². The summed E-state index contributed by atoms with van der Waals surface area (Å²) in [6, 6.07) is 7.35. The number of carbonyl (C=O) groups is 1. The predicted octanol–water partition coefficient (Wildman–Crippen LogP) is 1.95. The van der Waals surface area contributed by atoms with E-state index in [1.165, 1.54) is 12.4 Å². The van der Waals surface area contributed by atoms with Gasteiger partial charge in [-0.25, -0.2) is 9.78 Å². The Balaban J connectivity index is 2.29. The van der Waals surface area contributed by atoms with Crippen molar-refractivity contribution in [3.05, 3.63) is 42.4 Å². The molecule has 1 heterocycles. The maximum absolute atomic E-state index is 10.9. The van der Waals surface area contributed by atoms with Gasteiger partial charge in [-0.05, 0) is 24.3 Å². The molecule has 0 aliphatic heterocycles. The lowest BCUT2D eigenvalue weighted by atomic mass is 10.3. The Labute approximate surface area is 110 Å². The lowest BCUT2D eigenvalue weighted by Gasteiger charge is -2.18. The molecule has 6 nitrogen and oxygen atoms in total. The first-order chi connectivity index (χ1) is 9.11. The van der Waals surface area contributed by atoms with Gasteiger partial charge in [-0.1, -0.05) is 0 Å². The number of hydrogen-bond acceptors (Lipinski definition) is 5. The monoisotopic (exact) mass is 259 g/mol. The van der Waals surface area contributed by atoms with Crippen LogP contribution < -0.4 is 9.64 Å². The summed E-state index contributed by atoms with van der Waals surface area (Å²) in [5.41, 5.74) is 0.774. The smallest absolute Gasteiger partial charge is 0.356 e. The Morgan fingerprint density at radius 2 is 1.95 bits per heavy atom. The van der Waals surface area contributed by atoms with Crippen molar-refractivity contribution in [2.24, 2.45) is 0 Å². The zero-order valence-corrected chi connectivity index (χ0v) is 10.6. The van der Waals surface area contributed by atoms with Crippen molar-refractivity contribution in [1.82, 2.24) is 9.97 Å². The Hall–Kier alpha value is -2.63. The minimum Gasteiger partial charge on any atom is -0.497 e. The van der Waals surface area contributed by atoms with E-state index in [1.54, 1.807) is 19.1 Å². The Morgan fingerprint density at radius 1 is 1.26 bits per heavy atom. The highest BCUT2D eigenvalue weighted by molar-refractivity contribution is 5.85. The first-order valence-corrected chi connectivity index (χ1v) is 5.55. The maximum atomic E-state index is 10.9.